The van der Waals surface area contributed by atoms with Crippen molar-refractivity contribution in [1.29, 1.82) is 0 Å². The van der Waals surface area contributed by atoms with Gasteiger partial charge in [0.2, 0.25) is 0 Å². The van der Waals surface area contributed by atoms with Crippen LogP contribution in [0.25, 0.3) is 21.9 Å². The van der Waals surface area contributed by atoms with Crippen molar-refractivity contribution in [2.24, 2.45) is 5.41 Å². The topological polar surface area (TPSA) is 21.7 Å². The lowest BCUT2D eigenvalue weighted by molar-refractivity contribution is 0.0487. The lowest BCUT2D eigenvalue weighted by Gasteiger charge is -2.45. The molecule has 0 saturated carbocycles. The number of aryl methyl sites for hydroxylation is 1. The first kappa shape index (κ1) is 29.0. The van der Waals surface area contributed by atoms with Gasteiger partial charge in [0, 0.05) is 6.04 Å². The minimum absolute atomic E-state index is 0.418. The molecule has 1 unspecified atom stereocenters. The fourth-order valence-electron chi connectivity index (χ4n) is 6.43. The summed E-state index contributed by atoms with van der Waals surface area (Å²) < 4.78 is 11.0. The van der Waals surface area contributed by atoms with E-state index in [1.807, 2.05) is 18.2 Å². The van der Waals surface area contributed by atoms with E-state index in [0.29, 0.717) is 11.5 Å². The van der Waals surface area contributed by atoms with Gasteiger partial charge in [0.25, 0.3) is 0 Å². The summed E-state index contributed by atoms with van der Waals surface area (Å²) in [6.07, 6.45) is 4.97. The van der Waals surface area contributed by atoms with Crippen molar-refractivity contribution in [1.82, 2.24) is 4.90 Å². The Morgan fingerprint density at radius 1 is 0.854 bits per heavy atom. The summed E-state index contributed by atoms with van der Waals surface area (Å²) in [6, 6.07) is 31.2. The minimum atomic E-state index is 0.418. The third-order valence-corrected chi connectivity index (χ3v) is 9.35. The van der Waals surface area contributed by atoms with E-state index in [9.17, 15) is 0 Å². The number of rotatable bonds is 9. The molecule has 214 valence electrons. The molecule has 5 rings (SSSR count). The van der Waals surface area contributed by atoms with Gasteiger partial charge in [-0.2, -0.15) is 0 Å². The maximum atomic E-state index is 5.51. The molecular weight excluding hydrogens is 502 g/mol. The first-order valence-electron chi connectivity index (χ1n) is 15.1. The molecule has 4 aromatic rings. The maximum Gasteiger partial charge on any atom is 0.119 e. The number of benzene rings is 4. The van der Waals surface area contributed by atoms with Gasteiger partial charge in [0.05, 0.1) is 14.2 Å². The number of methoxy groups -OCH3 is 2. The van der Waals surface area contributed by atoms with Crippen LogP contribution in [0, 0.1) is 5.41 Å². The lowest BCUT2D eigenvalue weighted by Crippen LogP contribution is -2.48. The Balaban J connectivity index is 1.44. The smallest absolute Gasteiger partial charge is 0.119 e. The maximum absolute atomic E-state index is 5.51. The van der Waals surface area contributed by atoms with Crippen molar-refractivity contribution in [3.63, 3.8) is 0 Å². The third kappa shape index (κ3) is 6.36. The highest BCUT2D eigenvalue weighted by molar-refractivity contribution is 6.06. The van der Waals surface area contributed by atoms with Gasteiger partial charge in [0.15, 0.2) is 0 Å². The second kappa shape index (κ2) is 12.5. The molecule has 1 aliphatic rings. The molecule has 0 spiro atoms. The Kier molecular flexibility index (Phi) is 8.85. The molecule has 0 aliphatic carbocycles. The molecule has 0 amide bonds. The predicted molar refractivity (Wildman–Crippen MR) is 174 cm³/mol. The average Bonchev–Trinajstić information content (AvgIpc) is 3.00. The molecule has 41 heavy (non-hydrogen) atoms. The molecule has 0 radical (unpaired) electrons. The van der Waals surface area contributed by atoms with E-state index in [4.69, 9.17) is 9.47 Å². The van der Waals surface area contributed by atoms with Gasteiger partial charge in [-0.15, -0.1) is 0 Å². The van der Waals surface area contributed by atoms with E-state index in [0.717, 1.165) is 17.9 Å². The minimum Gasteiger partial charge on any atom is -0.497 e. The zero-order valence-electron chi connectivity index (χ0n) is 25.7. The molecule has 1 atom stereocenters. The van der Waals surface area contributed by atoms with E-state index in [1.54, 1.807) is 14.2 Å². The van der Waals surface area contributed by atoms with Crippen LogP contribution in [0.5, 0.6) is 11.5 Å². The number of allylic oxidation sites excluding steroid dienone is 1. The number of fused-ring (bicyclic) bond motifs is 1. The molecule has 0 aromatic heterocycles. The van der Waals surface area contributed by atoms with Crippen LogP contribution in [0.2, 0.25) is 0 Å². The predicted octanol–water partition coefficient (Wildman–Crippen LogP) is 9.28. The molecule has 0 bridgehead atoms. The Labute approximate surface area is 246 Å². The van der Waals surface area contributed by atoms with Crippen molar-refractivity contribution in [3.8, 4) is 11.5 Å². The van der Waals surface area contributed by atoms with Gasteiger partial charge in [-0.1, -0.05) is 74.5 Å². The summed E-state index contributed by atoms with van der Waals surface area (Å²) in [6.45, 7) is 11.9. The van der Waals surface area contributed by atoms with Crippen LogP contribution in [0.4, 0.5) is 0 Å². The first-order valence-corrected chi connectivity index (χ1v) is 15.1. The summed E-state index contributed by atoms with van der Waals surface area (Å²) in [5.41, 5.74) is 7.96. The van der Waals surface area contributed by atoms with Crippen LogP contribution in [-0.2, 0) is 6.42 Å². The fourth-order valence-corrected chi connectivity index (χ4v) is 6.43. The Bertz CT molecular complexity index is 1500. The van der Waals surface area contributed by atoms with Crippen LogP contribution in [0.3, 0.4) is 0 Å². The normalized spacial score (nSPS) is 17.8. The van der Waals surface area contributed by atoms with Crippen molar-refractivity contribution < 1.29 is 9.47 Å². The van der Waals surface area contributed by atoms with E-state index >= 15 is 0 Å². The number of hydrogen-bond acceptors (Lipinski definition) is 3. The van der Waals surface area contributed by atoms with Crippen LogP contribution < -0.4 is 9.47 Å². The van der Waals surface area contributed by atoms with E-state index < -0.39 is 0 Å². The zero-order valence-corrected chi connectivity index (χ0v) is 25.7. The van der Waals surface area contributed by atoms with Crippen molar-refractivity contribution in [2.75, 3.05) is 27.3 Å². The molecule has 0 N–H and O–H groups in total. The number of likely N-dealkylation sites (tertiary alicyclic amines) is 1. The highest BCUT2D eigenvalue weighted by atomic mass is 16.5. The molecule has 3 heteroatoms. The zero-order chi connectivity index (χ0) is 29.0. The molecule has 4 aromatic carbocycles. The Morgan fingerprint density at radius 2 is 1.54 bits per heavy atom. The Hall–Kier alpha value is -3.56. The highest BCUT2D eigenvalue weighted by Crippen LogP contribution is 2.38. The van der Waals surface area contributed by atoms with Gasteiger partial charge in [-0.3, -0.25) is 0 Å². The largest absolute Gasteiger partial charge is 0.497 e. The second-order valence-corrected chi connectivity index (χ2v) is 12.2. The van der Waals surface area contributed by atoms with Gasteiger partial charge in [0.1, 0.15) is 11.5 Å². The number of nitrogens with zero attached hydrogens (tertiary/aromatic N) is 1. The van der Waals surface area contributed by atoms with E-state index in [2.05, 4.69) is 99.3 Å². The summed E-state index contributed by atoms with van der Waals surface area (Å²) >= 11 is 0. The van der Waals surface area contributed by atoms with E-state index in [1.165, 1.54) is 76.5 Å². The number of hydrogen-bond donors (Lipinski definition) is 0. The number of ether oxygens (including phenoxy) is 2. The summed E-state index contributed by atoms with van der Waals surface area (Å²) in [7, 11) is 3.43. The van der Waals surface area contributed by atoms with Crippen molar-refractivity contribution >= 4 is 21.9 Å². The van der Waals surface area contributed by atoms with Gasteiger partial charge in [-0.25, -0.2) is 0 Å². The SMILES string of the molecule is COc1ccc(/C(=C(/C)c2ccc(CCCN3CCCC(C)(C)C3C)cc2)c2cccc3cc(OC)ccc23)cc1. The van der Waals surface area contributed by atoms with Crippen LogP contribution in [0.1, 0.15) is 69.2 Å². The van der Waals surface area contributed by atoms with Gasteiger partial charge in [-0.05, 0) is 126 Å². The summed E-state index contributed by atoms with van der Waals surface area (Å²) in [5.74, 6) is 1.73. The molecule has 1 aliphatic heterocycles. The standard InChI is InChI=1S/C38H45NO2/c1-27(30-15-13-29(14-16-30)10-8-24-39-25-9-23-38(3,4)28(39)2)37(31-17-19-33(40-5)20-18-31)36-12-7-11-32-26-34(41-6)21-22-35(32)36/h7,11-22,26,28H,8-10,23-25H2,1-6H3/b37-27+. The second-order valence-electron chi connectivity index (χ2n) is 12.2. The van der Waals surface area contributed by atoms with Crippen molar-refractivity contribution in [2.45, 2.75) is 59.4 Å². The summed E-state index contributed by atoms with van der Waals surface area (Å²) in [4.78, 5) is 2.70. The number of piperidine rings is 1. The molecule has 1 saturated heterocycles. The first-order chi connectivity index (χ1) is 19.8. The van der Waals surface area contributed by atoms with Crippen molar-refractivity contribution in [3.05, 3.63) is 107 Å². The van der Waals surface area contributed by atoms with Crippen LogP contribution >= 0.6 is 0 Å². The molecular formula is C38H45NO2. The molecule has 1 heterocycles. The Morgan fingerprint density at radius 3 is 2.24 bits per heavy atom. The monoisotopic (exact) mass is 547 g/mol. The quantitative estimate of drug-likeness (QED) is 0.195. The highest BCUT2D eigenvalue weighted by Gasteiger charge is 2.33. The van der Waals surface area contributed by atoms with Gasteiger partial charge >= 0.3 is 0 Å². The van der Waals surface area contributed by atoms with E-state index in [-0.39, 0.29) is 0 Å². The average molecular weight is 548 g/mol. The molecule has 1 fully saturated rings. The molecule has 3 nitrogen and oxygen atoms in total. The van der Waals surface area contributed by atoms with Gasteiger partial charge < -0.3 is 14.4 Å². The summed E-state index contributed by atoms with van der Waals surface area (Å²) in [5, 5.41) is 2.38. The lowest BCUT2D eigenvalue weighted by atomic mass is 9.77. The third-order valence-electron chi connectivity index (χ3n) is 9.35. The van der Waals surface area contributed by atoms with Crippen LogP contribution in [0.15, 0.2) is 84.9 Å². The fraction of sp³-hybridized carbons (Fsp3) is 0.368. The van der Waals surface area contributed by atoms with Crippen LogP contribution in [-0.4, -0.2) is 38.3 Å².